The first-order valence-electron chi connectivity index (χ1n) is 11.0. The molecule has 3 nitrogen and oxygen atoms in total. The van der Waals surface area contributed by atoms with Gasteiger partial charge in [-0.05, 0) is 47.6 Å². The van der Waals surface area contributed by atoms with Crippen molar-refractivity contribution in [2.45, 2.75) is 19.9 Å². The summed E-state index contributed by atoms with van der Waals surface area (Å²) in [4.78, 5) is 9.28. The molecular formula is C29H24ClN3. The maximum Gasteiger partial charge on any atom is 0.140 e. The summed E-state index contributed by atoms with van der Waals surface area (Å²) >= 11 is 6.84. The zero-order chi connectivity index (χ0) is 22.8. The monoisotopic (exact) mass is 449 g/mol. The van der Waals surface area contributed by atoms with E-state index in [1.54, 1.807) is 0 Å². The normalized spacial score (nSPS) is 12.0. The van der Waals surface area contributed by atoms with Gasteiger partial charge < -0.3 is 5.32 Å². The predicted octanol–water partition coefficient (Wildman–Crippen LogP) is 8.10. The number of pyridine rings is 2. The number of aromatic nitrogens is 2. The van der Waals surface area contributed by atoms with Crippen molar-refractivity contribution < 1.29 is 0 Å². The van der Waals surface area contributed by atoms with Gasteiger partial charge in [-0.3, -0.25) is 4.98 Å². The standard InChI is InChI=1S/C29H24ClN3/c1-19-16-23(18-31-17-19)26-25-15-9-14-24(22-12-7-4-8-13-22)27(25)29(33-28(26)30)32-20(2)21-10-5-3-6-11-21/h3-18,20H,1-2H3,(H,32,33). The third-order valence-corrected chi connectivity index (χ3v) is 6.16. The van der Waals surface area contributed by atoms with Crippen LogP contribution in [0.3, 0.4) is 0 Å². The van der Waals surface area contributed by atoms with Crippen LogP contribution in [0.2, 0.25) is 5.15 Å². The van der Waals surface area contributed by atoms with E-state index in [1.165, 1.54) is 5.56 Å². The Kier molecular flexibility index (Phi) is 5.80. The molecule has 0 saturated carbocycles. The molecule has 0 radical (unpaired) electrons. The van der Waals surface area contributed by atoms with Crippen molar-refractivity contribution in [2.75, 3.05) is 5.32 Å². The number of rotatable bonds is 5. The lowest BCUT2D eigenvalue weighted by Crippen LogP contribution is -2.09. The number of benzene rings is 3. The van der Waals surface area contributed by atoms with E-state index in [-0.39, 0.29) is 6.04 Å². The van der Waals surface area contributed by atoms with Crippen LogP contribution < -0.4 is 5.32 Å². The Morgan fingerprint density at radius 1 is 0.818 bits per heavy atom. The van der Waals surface area contributed by atoms with E-state index >= 15 is 0 Å². The zero-order valence-corrected chi connectivity index (χ0v) is 19.3. The van der Waals surface area contributed by atoms with Crippen LogP contribution in [0.15, 0.2) is 97.3 Å². The Morgan fingerprint density at radius 2 is 1.55 bits per heavy atom. The molecule has 1 atom stereocenters. The van der Waals surface area contributed by atoms with Crippen LogP contribution in [0.4, 0.5) is 5.82 Å². The van der Waals surface area contributed by atoms with Crippen molar-refractivity contribution in [2.24, 2.45) is 0 Å². The van der Waals surface area contributed by atoms with E-state index in [9.17, 15) is 0 Å². The van der Waals surface area contributed by atoms with Crippen molar-refractivity contribution in [3.63, 3.8) is 0 Å². The fraction of sp³-hybridized carbons (Fsp3) is 0.103. The van der Waals surface area contributed by atoms with Gasteiger partial charge in [0.05, 0.1) is 0 Å². The van der Waals surface area contributed by atoms with Crippen LogP contribution >= 0.6 is 11.6 Å². The molecular weight excluding hydrogens is 426 g/mol. The average molecular weight is 450 g/mol. The highest BCUT2D eigenvalue weighted by Gasteiger charge is 2.19. The van der Waals surface area contributed by atoms with Crippen LogP contribution in [0.25, 0.3) is 33.0 Å². The first-order chi connectivity index (χ1) is 16.1. The highest BCUT2D eigenvalue weighted by atomic mass is 35.5. The molecule has 0 aliphatic heterocycles. The summed E-state index contributed by atoms with van der Waals surface area (Å²) in [6, 6.07) is 29.3. The Balaban J connectivity index is 1.77. The van der Waals surface area contributed by atoms with Gasteiger partial charge in [-0.25, -0.2) is 4.98 Å². The molecule has 33 heavy (non-hydrogen) atoms. The minimum atomic E-state index is 0.0632. The first kappa shape index (κ1) is 21.2. The number of hydrogen-bond acceptors (Lipinski definition) is 3. The second-order valence-electron chi connectivity index (χ2n) is 8.25. The van der Waals surface area contributed by atoms with Crippen LogP contribution in [0.1, 0.15) is 24.1 Å². The Labute approximate surface area is 199 Å². The van der Waals surface area contributed by atoms with Crippen LogP contribution in [0, 0.1) is 6.92 Å². The molecule has 0 saturated heterocycles. The average Bonchev–Trinajstić information content (AvgIpc) is 2.84. The van der Waals surface area contributed by atoms with Crippen molar-refractivity contribution >= 4 is 28.2 Å². The minimum absolute atomic E-state index is 0.0632. The van der Waals surface area contributed by atoms with Crippen molar-refractivity contribution in [1.29, 1.82) is 0 Å². The van der Waals surface area contributed by atoms with Crippen LogP contribution in [-0.4, -0.2) is 9.97 Å². The van der Waals surface area contributed by atoms with E-state index in [0.717, 1.165) is 44.4 Å². The summed E-state index contributed by atoms with van der Waals surface area (Å²) in [5.74, 6) is 0.773. The molecule has 0 amide bonds. The highest BCUT2D eigenvalue weighted by molar-refractivity contribution is 6.34. The van der Waals surface area contributed by atoms with Gasteiger partial charge in [0.25, 0.3) is 0 Å². The lowest BCUT2D eigenvalue weighted by atomic mass is 9.94. The molecule has 0 fully saturated rings. The lowest BCUT2D eigenvalue weighted by Gasteiger charge is -2.21. The van der Waals surface area contributed by atoms with Crippen molar-refractivity contribution in [3.05, 3.63) is 114 Å². The molecule has 4 heteroatoms. The van der Waals surface area contributed by atoms with Gasteiger partial charge >= 0.3 is 0 Å². The van der Waals surface area contributed by atoms with E-state index < -0.39 is 0 Å². The zero-order valence-electron chi connectivity index (χ0n) is 18.6. The number of hydrogen-bond donors (Lipinski definition) is 1. The van der Waals surface area contributed by atoms with E-state index in [2.05, 4.69) is 90.0 Å². The van der Waals surface area contributed by atoms with Crippen LogP contribution in [-0.2, 0) is 0 Å². The smallest absolute Gasteiger partial charge is 0.140 e. The summed E-state index contributed by atoms with van der Waals surface area (Å²) < 4.78 is 0. The number of anilines is 1. The summed E-state index contributed by atoms with van der Waals surface area (Å²) in [7, 11) is 0. The van der Waals surface area contributed by atoms with Gasteiger partial charge in [0.1, 0.15) is 11.0 Å². The maximum absolute atomic E-state index is 6.84. The molecule has 0 aliphatic rings. The van der Waals surface area contributed by atoms with Crippen molar-refractivity contribution in [3.8, 4) is 22.3 Å². The largest absolute Gasteiger partial charge is 0.363 e. The number of nitrogens with zero attached hydrogens (tertiary/aromatic N) is 2. The highest BCUT2D eigenvalue weighted by Crippen LogP contribution is 2.42. The summed E-state index contributed by atoms with van der Waals surface area (Å²) in [6.07, 6.45) is 3.70. The number of nitrogens with one attached hydrogen (secondary N) is 1. The van der Waals surface area contributed by atoms with E-state index in [4.69, 9.17) is 16.6 Å². The molecule has 2 aromatic heterocycles. The number of aryl methyl sites for hydroxylation is 1. The third-order valence-electron chi connectivity index (χ3n) is 5.89. The van der Waals surface area contributed by atoms with Gasteiger partial charge in [0.15, 0.2) is 0 Å². The molecule has 0 aliphatic carbocycles. The molecule has 3 aromatic carbocycles. The Morgan fingerprint density at radius 3 is 2.27 bits per heavy atom. The first-order valence-corrected chi connectivity index (χ1v) is 11.4. The summed E-state index contributed by atoms with van der Waals surface area (Å²) in [6.45, 7) is 4.17. The third kappa shape index (κ3) is 4.20. The number of fused-ring (bicyclic) bond motifs is 1. The van der Waals surface area contributed by atoms with Gasteiger partial charge in [-0.2, -0.15) is 0 Å². The molecule has 2 heterocycles. The van der Waals surface area contributed by atoms with Gasteiger partial charge in [-0.1, -0.05) is 90.5 Å². The van der Waals surface area contributed by atoms with Crippen molar-refractivity contribution in [1.82, 2.24) is 9.97 Å². The molecule has 5 rings (SSSR count). The SMILES string of the molecule is Cc1cncc(-c2c(Cl)nc(NC(C)c3ccccc3)c3c(-c4ccccc4)cccc23)c1. The maximum atomic E-state index is 6.84. The molecule has 0 bridgehead atoms. The lowest BCUT2D eigenvalue weighted by molar-refractivity contribution is 0.878. The summed E-state index contributed by atoms with van der Waals surface area (Å²) in [5.41, 5.74) is 6.38. The van der Waals surface area contributed by atoms with E-state index in [1.807, 2.05) is 31.5 Å². The van der Waals surface area contributed by atoms with E-state index in [0.29, 0.717) is 5.15 Å². The molecule has 1 N–H and O–H groups in total. The quantitative estimate of drug-likeness (QED) is 0.275. The Hall–Kier alpha value is -3.69. The van der Waals surface area contributed by atoms with Gasteiger partial charge in [0.2, 0.25) is 0 Å². The minimum Gasteiger partial charge on any atom is -0.363 e. The molecule has 162 valence electrons. The second kappa shape index (κ2) is 9.05. The molecule has 1 unspecified atom stereocenters. The molecule has 0 spiro atoms. The topological polar surface area (TPSA) is 37.8 Å². The number of halogens is 1. The Bertz CT molecular complexity index is 1420. The second-order valence-corrected chi connectivity index (χ2v) is 8.61. The predicted molar refractivity (Wildman–Crippen MR) is 139 cm³/mol. The molecule has 5 aromatic rings. The van der Waals surface area contributed by atoms with Gasteiger partial charge in [-0.15, -0.1) is 0 Å². The summed E-state index contributed by atoms with van der Waals surface area (Å²) in [5, 5.41) is 6.19. The van der Waals surface area contributed by atoms with Gasteiger partial charge in [0, 0.05) is 34.9 Å². The fourth-order valence-corrected chi connectivity index (χ4v) is 4.59. The fourth-order valence-electron chi connectivity index (χ4n) is 4.30. The van der Waals surface area contributed by atoms with Crippen LogP contribution in [0.5, 0.6) is 0 Å².